The highest BCUT2D eigenvalue weighted by molar-refractivity contribution is 7.99. The van der Waals surface area contributed by atoms with Crippen molar-refractivity contribution in [1.29, 1.82) is 0 Å². The number of rotatable bonds is 6. The maximum atomic E-state index is 12.8. The molecule has 1 N–H and O–H groups in total. The number of carbonyl (C=O) groups is 1. The largest absolute Gasteiger partial charge is 0.451 e. The normalized spacial score (nSPS) is 15.5. The number of nitrogens with one attached hydrogen (secondary N) is 1. The Balaban J connectivity index is 1.69. The van der Waals surface area contributed by atoms with Gasteiger partial charge in [-0.2, -0.15) is 17.5 Å². The maximum absolute atomic E-state index is 12.8. The first kappa shape index (κ1) is 22.8. The summed E-state index contributed by atoms with van der Waals surface area (Å²) >= 11 is 6.82. The van der Waals surface area contributed by atoms with Gasteiger partial charge in [-0.1, -0.05) is 23.4 Å². The van der Waals surface area contributed by atoms with Crippen molar-refractivity contribution in [3.63, 3.8) is 0 Å². The minimum absolute atomic E-state index is 0.000117. The van der Waals surface area contributed by atoms with Crippen molar-refractivity contribution < 1.29 is 26.4 Å². The summed E-state index contributed by atoms with van der Waals surface area (Å²) in [5.74, 6) is -2.04. The second kappa shape index (κ2) is 8.73. The van der Waals surface area contributed by atoms with Gasteiger partial charge in [-0.3, -0.25) is 4.79 Å². The molecule has 1 aliphatic heterocycles. The molecule has 1 amide bonds. The molecular formula is C16H17ClF3N5O3S2. The zero-order valence-corrected chi connectivity index (χ0v) is 18.0. The van der Waals surface area contributed by atoms with Gasteiger partial charge >= 0.3 is 6.18 Å². The monoisotopic (exact) mass is 483 g/mol. The average Bonchev–Trinajstić information content (AvgIpc) is 3.31. The first-order valence-corrected chi connectivity index (χ1v) is 11.5. The fraction of sp³-hybridized carbons (Fsp3) is 0.438. The molecule has 1 aromatic heterocycles. The summed E-state index contributed by atoms with van der Waals surface area (Å²) in [7, 11) is -2.55. The molecule has 0 atom stereocenters. The van der Waals surface area contributed by atoms with Gasteiger partial charge in [0.05, 0.1) is 21.4 Å². The van der Waals surface area contributed by atoms with E-state index in [1.807, 2.05) is 0 Å². The lowest BCUT2D eigenvalue weighted by Gasteiger charge is -2.16. The van der Waals surface area contributed by atoms with E-state index in [9.17, 15) is 26.4 Å². The van der Waals surface area contributed by atoms with E-state index in [0.717, 1.165) is 36.2 Å². The highest BCUT2D eigenvalue weighted by Crippen LogP contribution is 2.31. The van der Waals surface area contributed by atoms with E-state index in [-0.39, 0.29) is 26.5 Å². The fourth-order valence-electron chi connectivity index (χ4n) is 2.84. The third kappa shape index (κ3) is 4.90. The maximum Gasteiger partial charge on any atom is 0.451 e. The van der Waals surface area contributed by atoms with Gasteiger partial charge in [-0.15, -0.1) is 10.2 Å². The number of alkyl halides is 3. The molecule has 0 bridgehead atoms. The topological polar surface area (TPSA) is 97.2 Å². The lowest BCUT2D eigenvalue weighted by molar-refractivity contribution is -0.147. The van der Waals surface area contributed by atoms with Crippen LogP contribution in [0.15, 0.2) is 28.3 Å². The van der Waals surface area contributed by atoms with Crippen molar-refractivity contribution in [2.75, 3.05) is 24.2 Å². The zero-order valence-electron chi connectivity index (χ0n) is 15.6. The molecule has 14 heteroatoms. The molecule has 0 saturated carbocycles. The highest BCUT2D eigenvalue weighted by Gasteiger charge is 2.37. The number of benzene rings is 1. The van der Waals surface area contributed by atoms with Gasteiger partial charge in [0.15, 0.2) is 5.16 Å². The van der Waals surface area contributed by atoms with Gasteiger partial charge in [0.1, 0.15) is 0 Å². The van der Waals surface area contributed by atoms with Crippen LogP contribution in [0.3, 0.4) is 0 Å². The van der Waals surface area contributed by atoms with Crippen molar-refractivity contribution >= 4 is 45.0 Å². The lowest BCUT2D eigenvalue weighted by atomic mass is 10.3. The Labute approximate surface area is 179 Å². The van der Waals surface area contributed by atoms with Gasteiger partial charge in [0, 0.05) is 20.1 Å². The highest BCUT2D eigenvalue weighted by atomic mass is 35.5. The molecule has 0 unspecified atom stereocenters. The second-order valence-electron chi connectivity index (χ2n) is 6.45. The summed E-state index contributed by atoms with van der Waals surface area (Å²) in [4.78, 5) is 12.2. The van der Waals surface area contributed by atoms with Crippen LogP contribution in [-0.4, -0.2) is 52.2 Å². The van der Waals surface area contributed by atoms with Gasteiger partial charge in [0.2, 0.25) is 21.8 Å². The lowest BCUT2D eigenvalue weighted by Crippen LogP contribution is -2.28. The van der Waals surface area contributed by atoms with Crippen LogP contribution in [0.25, 0.3) is 0 Å². The molecule has 0 spiro atoms. The molecule has 164 valence electrons. The van der Waals surface area contributed by atoms with Gasteiger partial charge in [0.25, 0.3) is 0 Å². The standard InChI is InChI=1S/C16H17ClF3N5O3S2/c1-24-14(16(18,19)20)22-23-15(24)29-9-13(26)21-12-8-10(4-5-11(12)17)30(27,28)25-6-2-3-7-25/h4-5,8H,2-3,6-7,9H2,1H3,(H,21,26). The molecule has 2 heterocycles. The number of amides is 1. The molecule has 1 aliphatic rings. The number of nitrogens with zero attached hydrogens (tertiary/aromatic N) is 4. The Bertz CT molecular complexity index is 1050. The number of hydrogen-bond acceptors (Lipinski definition) is 6. The van der Waals surface area contributed by atoms with Crippen LogP contribution in [0, 0.1) is 0 Å². The molecule has 3 rings (SSSR count). The number of halogens is 4. The Morgan fingerprint density at radius 3 is 2.53 bits per heavy atom. The van der Waals surface area contributed by atoms with E-state index in [1.54, 1.807) is 0 Å². The van der Waals surface area contributed by atoms with Crippen molar-refractivity contribution in [2.45, 2.75) is 29.1 Å². The summed E-state index contributed by atoms with van der Waals surface area (Å²) in [6.45, 7) is 0.863. The van der Waals surface area contributed by atoms with Crippen LogP contribution in [0.1, 0.15) is 18.7 Å². The number of thioether (sulfide) groups is 1. The molecular weight excluding hydrogens is 467 g/mol. The fourth-order valence-corrected chi connectivity index (χ4v) is 5.26. The van der Waals surface area contributed by atoms with E-state index in [0.29, 0.717) is 13.1 Å². The summed E-state index contributed by atoms with van der Waals surface area (Å²) in [6, 6.07) is 3.99. The van der Waals surface area contributed by atoms with Crippen LogP contribution >= 0.6 is 23.4 Å². The third-order valence-corrected chi connectivity index (χ3v) is 7.58. The SMILES string of the molecule is Cn1c(SCC(=O)Nc2cc(S(=O)(=O)N3CCCC3)ccc2Cl)nnc1C(F)(F)F. The summed E-state index contributed by atoms with van der Waals surface area (Å²) in [5.41, 5.74) is 0.0940. The van der Waals surface area contributed by atoms with Crippen LogP contribution in [-0.2, 0) is 28.0 Å². The summed E-state index contributed by atoms with van der Waals surface area (Å²) < 4.78 is 65.7. The van der Waals surface area contributed by atoms with Crippen molar-refractivity contribution in [1.82, 2.24) is 19.1 Å². The van der Waals surface area contributed by atoms with E-state index in [4.69, 9.17) is 11.6 Å². The summed E-state index contributed by atoms with van der Waals surface area (Å²) in [5, 5.41) is 9.04. The quantitative estimate of drug-likeness (QED) is 0.634. The minimum Gasteiger partial charge on any atom is -0.324 e. The Morgan fingerprint density at radius 2 is 1.93 bits per heavy atom. The van der Waals surface area contributed by atoms with E-state index in [1.165, 1.54) is 22.5 Å². The Kier molecular flexibility index (Phi) is 6.65. The molecule has 0 radical (unpaired) electrons. The van der Waals surface area contributed by atoms with E-state index in [2.05, 4.69) is 15.5 Å². The van der Waals surface area contributed by atoms with Crippen LogP contribution in [0.2, 0.25) is 5.02 Å². The van der Waals surface area contributed by atoms with Gasteiger partial charge < -0.3 is 9.88 Å². The molecule has 30 heavy (non-hydrogen) atoms. The molecule has 8 nitrogen and oxygen atoms in total. The van der Waals surface area contributed by atoms with Crippen LogP contribution < -0.4 is 5.32 Å². The predicted molar refractivity (Wildman–Crippen MR) is 105 cm³/mol. The smallest absolute Gasteiger partial charge is 0.324 e. The van der Waals surface area contributed by atoms with Crippen molar-refractivity contribution in [2.24, 2.45) is 7.05 Å². The zero-order chi connectivity index (χ0) is 22.1. The van der Waals surface area contributed by atoms with Crippen LogP contribution in [0.4, 0.5) is 18.9 Å². The molecule has 1 saturated heterocycles. The van der Waals surface area contributed by atoms with Gasteiger partial charge in [-0.05, 0) is 31.0 Å². The van der Waals surface area contributed by atoms with Gasteiger partial charge in [-0.25, -0.2) is 8.42 Å². The summed E-state index contributed by atoms with van der Waals surface area (Å²) in [6.07, 6.45) is -3.09. The number of hydrogen-bond donors (Lipinski definition) is 1. The first-order valence-electron chi connectivity index (χ1n) is 8.69. The second-order valence-corrected chi connectivity index (χ2v) is 9.74. The minimum atomic E-state index is -4.66. The molecule has 2 aromatic rings. The number of sulfonamides is 1. The Morgan fingerprint density at radius 1 is 1.27 bits per heavy atom. The third-order valence-electron chi connectivity index (χ3n) is 4.34. The van der Waals surface area contributed by atoms with Crippen molar-refractivity contribution in [3.05, 3.63) is 29.0 Å². The number of aromatic nitrogens is 3. The number of carbonyl (C=O) groups excluding carboxylic acids is 1. The van der Waals surface area contributed by atoms with E-state index < -0.39 is 27.9 Å². The Hall–Kier alpha value is -1.83. The van der Waals surface area contributed by atoms with Crippen LogP contribution in [0.5, 0.6) is 0 Å². The molecule has 0 aliphatic carbocycles. The first-order chi connectivity index (χ1) is 14.0. The molecule has 1 fully saturated rings. The predicted octanol–water partition coefficient (Wildman–Crippen LogP) is 3.00. The number of anilines is 1. The molecule has 1 aromatic carbocycles. The average molecular weight is 484 g/mol. The van der Waals surface area contributed by atoms with Crippen molar-refractivity contribution in [3.8, 4) is 0 Å². The van der Waals surface area contributed by atoms with E-state index >= 15 is 0 Å².